The largest absolute Gasteiger partial charge is 0.495 e. The fourth-order valence-electron chi connectivity index (χ4n) is 3.40. The van der Waals surface area contributed by atoms with Crippen LogP contribution in [0, 0.1) is 11.8 Å². The molecule has 1 N–H and O–H groups in total. The van der Waals surface area contributed by atoms with Crippen LogP contribution in [0.3, 0.4) is 0 Å². The van der Waals surface area contributed by atoms with Gasteiger partial charge in [-0.1, -0.05) is 46.2 Å². The first-order chi connectivity index (χ1) is 14.1. The van der Waals surface area contributed by atoms with Crippen LogP contribution in [0.25, 0.3) is 11.3 Å². The molecule has 2 atom stereocenters. The standard InChI is InChI=1S/C22H23BrN2O3S/c1-13-10-15(13)12-17-20(14-6-4-7-16(23)11-14)28-24-22(17)25-29-21-18(26-2)8-5-9-19(21)27-3/h4-9,11,13,15H,10,12H2,1-3H3,(H,24,25). The molecule has 1 aliphatic carbocycles. The van der Waals surface area contributed by atoms with E-state index in [4.69, 9.17) is 14.0 Å². The van der Waals surface area contributed by atoms with Crippen LogP contribution in [-0.4, -0.2) is 19.4 Å². The molecule has 0 aliphatic heterocycles. The molecular formula is C22H23BrN2O3S. The first kappa shape index (κ1) is 20.2. The van der Waals surface area contributed by atoms with Gasteiger partial charge in [0.05, 0.1) is 14.2 Å². The van der Waals surface area contributed by atoms with Crippen LogP contribution in [0.1, 0.15) is 18.9 Å². The molecule has 4 rings (SSSR count). The molecule has 1 heterocycles. The molecule has 0 saturated heterocycles. The van der Waals surface area contributed by atoms with E-state index in [-0.39, 0.29) is 0 Å². The molecule has 0 radical (unpaired) electrons. The first-order valence-corrected chi connectivity index (χ1v) is 11.1. The van der Waals surface area contributed by atoms with Crippen molar-refractivity contribution in [3.05, 3.63) is 52.5 Å². The van der Waals surface area contributed by atoms with E-state index in [0.717, 1.165) is 55.9 Å². The van der Waals surface area contributed by atoms with Crippen LogP contribution >= 0.6 is 27.9 Å². The molecule has 152 valence electrons. The number of hydrogen-bond acceptors (Lipinski definition) is 6. The highest BCUT2D eigenvalue weighted by Crippen LogP contribution is 2.45. The zero-order valence-corrected chi connectivity index (χ0v) is 19.0. The summed E-state index contributed by atoms with van der Waals surface area (Å²) in [4.78, 5) is 0.871. The summed E-state index contributed by atoms with van der Waals surface area (Å²) in [7, 11) is 3.31. The second-order valence-corrected chi connectivity index (χ2v) is 8.95. The number of nitrogens with one attached hydrogen (secondary N) is 1. The Morgan fingerprint density at radius 1 is 1.17 bits per heavy atom. The predicted molar refractivity (Wildman–Crippen MR) is 120 cm³/mol. The number of anilines is 1. The monoisotopic (exact) mass is 474 g/mol. The number of benzene rings is 2. The normalized spacial score (nSPS) is 17.8. The molecule has 0 spiro atoms. The highest BCUT2D eigenvalue weighted by molar-refractivity contribution is 9.10. The third-order valence-electron chi connectivity index (χ3n) is 5.25. The van der Waals surface area contributed by atoms with Crippen molar-refractivity contribution in [2.24, 2.45) is 11.8 Å². The van der Waals surface area contributed by atoms with Gasteiger partial charge in [0.15, 0.2) is 11.6 Å². The smallest absolute Gasteiger partial charge is 0.183 e. The first-order valence-electron chi connectivity index (χ1n) is 9.49. The minimum atomic E-state index is 0.673. The van der Waals surface area contributed by atoms with Gasteiger partial charge in [0.25, 0.3) is 0 Å². The van der Waals surface area contributed by atoms with Gasteiger partial charge in [-0.3, -0.25) is 0 Å². The molecular weight excluding hydrogens is 452 g/mol. The maximum absolute atomic E-state index is 5.79. The Morgan fingerprint density at radius 3 is 2.48 bits per heavy atom. The summed E-state index contributed by atoms with van der Waals surface area (Å²) >= 11 is 4.97. The van der Waals surface area contributed by atoms with Gasteiger partial charge >= 0.3 is 0 Å². The van der Waals surface area contributed by atoms with Crippen molar-refractivity contribution in [2.75, 3.05) is 18.9 Å². The van der Waals surface area contributed by atoms with Crippen LogP contribution in [0.5, 0.6) is 11.5 Å². The van der Waals surface area contributed by atoms with Crippen LogP contribution < -0.4 is 14.2 Å². The SMILES string of the molecule is COc1cccc(OC)c1SNc1noc(-c2cccc(Br)c2)c1CC1CC1C. The summed E-state index contributed by atoms with van der Waals surface area (Å²) in [5, 5.41) is 4.35. The fraction of sp³-hybridized carbons (Fsp3) is 0.318. The highest BCUT2D eigenvalue weighted by Gasteiger charge is 2.35. The van der Waals surface area contributed by atoms with E-state index in [1.54, 1.807) is 14.2 Å². The zero-order valence-electron chi connectivity index (χ0n) is 16.6. The summed E-state index contributed by atoms with van der Waals surface area (Å²) < 4.78 is 21.2. The molecule has 0 bridgehead atoms. The van der Waals surface area contributed by atoms with Crippen molar-refractivity contribution in [2.45, 2.75) is 24.7 Å². The number of aromatic nitrogens is 1. The van der Waals surface area contributed by atoms with Crippen LogP contribution in [0.2, 0.25) is 0 Å². The lowest BCUT2D eigenvalue weighted by Gasteiger charge is -2.12. The van der Waals surface area contributed by atoms with Crippen molar-refractivity contribution < 1.29 is 14.0 Å². The van der Waals surface area contributed by atoms with E-state index in [9.17, 15) is 0 Å². The Balaban J connectivity index is 1.64. The average molecular weight is 475 g/mol. The number of methoxy groups -OCH3 is 2. The van der Waals surface area contributed by atoms with Gasteiger partial charge in [-0.05, 0) is 60.9 Å². The third kappa shape index (κ3) is 4.41. The van der Waals surface area contributed by atoms with Crippen molar-refractivity contribution in [1.29, 1.82) is 0 Å². The molecule has 0 amide bonds. The van der Waals surface area contributed by atoms with Gasteiger partial charge in [0.1, 0.15) is 16.4 Å². The van der Waals surface area contributed by atoms with Gasteiger partial charge in [0, 0.05) is 15.6 Å². The van der Waals surface area contributed by atoms with Crippen molar-refractivity contribution in [1.82, 2.24) is 5.16 Å². The van der Waals surface area contributed by atoms with E-state index in [1.807, 2.05) is 36.4 Å². The number of halogens is 1. The molecule has 2 aromatic carbocycles. The maximum Gasteiger partial charge on any atom is 0.183 e. The molecule has 1 fully saturated rings. The molecule has 7 heteroatoms. The van der Waals surface area contributed by atoms with E-state index in [0.29, 0.717) is 5.92 Å². The molecule has 1 aromatic heterocycles. The summed E-state index contributed by atoms with van der Waals surface area (Å²) in [6, 6.07) is 13.8. The second-order valence-electron chi connectivity index (χ2n) is 7.22. The van der Waals surface area contributed by atoms with E-state index in [1.165, 1.54) is 18.4 Å². The Hall–Kier alpha value is -2.12. The van der Waals surface area contributed by atoms with Crippen molar-refractivity contribution >= 4 is 33.7 Å². The van der Waals surface area contributed by atoms with Crippen LogP contribution in [0.15, 0.2) is 56.4 Å². The second kappa shape index (κ2) is 8.71. The predicted octanol–water partition coefficient (Wildman–Crippen LogP) is 6.44. The summed E-state index contributed by atoms with van der Waals surface area (Å²) in [5.74, 6) is 4.48. The Bertz CT molecular complexity index is 985. The number of hydrogen-bond donors (Lipinski definition) is 1. The summed E-state index contributed by atoms with van der Waals surface area (Å²) in [5.41, 5.74) is 2.13. The molecule has 1 aliphatic rings. The Kier molecular flexibility index (Phi) is 6.06. The quantitative estimate of drug-likeness (QED) is 0.379. The van der Waals surface area contributed by atoms with Gasteiger partial charge in [-0.25, -0.2) is 0 Å². The Labute approximate surface area is 183 Å². The van der Waals surface area contributed by atoms with E-state index < -0.39 is 0 Å². The number of rotatable bonds is 8. The van der Waals surface area contributed by atoms with Gasteiger partial charge in [-0.2, -0.15) is 0 Å². The zero-order chi connectivity index (χ0) is 20.4. The highest BCUT2D eigenvalue weighted by atomic mass is 79.9. The molecule has 3 aromatic rings. The lowest BCUT2D eigenvalue weighted by atomic mass is 10.0. The number of ether oxygens (including phenoxy) is 2. The minimum Gasteiger partial charge on any atom is -0.495 e. The maximum atomic E-state index is 5.79. The lowest BCUT2D eigenvalue weighted by Crippen LogP contribution is -1.98. The Morgan fingerprint density at radius 2 is 1.86 bits per heavy atom. The van der Waals surface area contributed by atoms with E-state index >= 15 is 0 Å². The van der Waals surface area contributed by atoms with Crippen LogP contribution in [0.4, 0.5) is 5.82 Å². The fourth-order valence-corrected chi connectivity index (χ4v) is 4.66. The topological polar surface area (TPSA) is 56.5 Å². The van der Waals surface area contributed by atoms with Gasteiger partial charge in [0.2, 0.25) is 0 Å². The summed E-state index contributed by atoms with van der Waals surface area (Å²) in [6.07, 6.45) is 2.19. The molecule has 5 nitrogen and oxygen atoms in total. The van der Waals surface area contributed by atoms with E-state index in [2.05, 4.69) is 38.8 Å². The molecule has 1 saturated carbocycles. The van der Waals surface area contributed by atoms with Crippen LogP contribution in [-0.2, 0) is 6.42 Å². The number of nitrogens with zero attached hydrogens (tertiary/aromatic N) is 1. The third-order valence-corrected chi connectivity index (χ3v) is 6.64. The van der Waals surface area contributed by atoms with Gasteiger partial charge < -0.3 is 18.7 Å². The molecule has 29 heavy (non-hydrogen) atoms. The van der Waals surface area contributed by atoms with Gasteiger partial charge in [-0.15, -0.1) is 0 Å². The van der Waals surface area contributed by atoms with Crippen molar-refractivity contribution in [3.8, 4) is 22.8 Å². The molecule has 2 unspecified atom stereocenters. The lowest BCUT2D eigenvalue weighted by molar-refractivity contribution is 0.376. The minimum absolute atomic E-state index is 0.673. The summed E-state index contributed by atoms with van der Waals surface area (Å²) in [6.45, 7) is 2.29. The van der Waals surface area contributed by atoms with Crippen molar-refractivity contribution in [3.63, 3.8) is 0 Å². The average Bonchev–Trinajstić information content (AvgIpc) is 3.28.